The zero-order valence-corrected chi connectivity index (χ0v) is 19.8. The first-order valence-corrected chi connectivity index (χ1v) is 12.0. The third-order valence-electron chi connectivity index (χ3n) is 6.97. The molecule has 0 aliphatic carbocycles. The summed E-state index contributed by atoms with van der Waals surface area (Å²) >= 11 is 0. The van der Waals surface area contributed by atoms with Crippen molar-refractivity contribution in [3.05, 3.63) is 145 Å². The summed E-state index contributed by atoms with van der Waals surface area (Å²) in [5.41, 5.74) is 3.90. The SMILES string of the molecule is [2H]c1ccc2c(c1)c1cc(-c3ccc4c(c3)c3cc([2H])ccc3n4-c3c([2H])c([2H])c([2H])c([2H])c3[2H])ccc1n2-c1c([2H])c([2H])c([2H])c([2H])c1[2H]. The molecule has 0 unspecified atom stereocenters. The highest BCUT2D eigenvalue weighted by molar-refractivity contribution is 6.12. The number of fused-ring (bicyclic) bond motifs is 6. The molecule has 0 atom stereocenters. The predicted molar refractivity (Wildman–Crippen MR) is 161 cm³/mol. The topological polar surface area (TPSA) is 9.86 Å². The summed E-state index contributed by atoms with van der Waals surface area (Å²) < 4.78 is 104. The van der Waals surface area contributed by atoms with Gasteiger partial charge < -0.3 is 9.13 Å². The average molecular weight is 497 g/mol. The summed E-state index contributed by atoms with van der Waals surface area (Å²) in [4.78, 5) is 0. The van der Waals surface area contributed by atoms with Gasteiger partial charge in [0.2, 0.25) is 0 Å². The van der Waals surface area contributed by atoms with Crippen molar-refractivity contribution in [2.24, 2.45) is 0 Å². The molecule has 0 aliphatic heterocycles. The van der Waals surface area contributed by atoms with Crippen LogP contribution in [0.5, 0.6) is 0 Å². The number of hydrogen-bond donors (Lipinski definition) is 0. The maximum atomic E-state index is 8.66. The molecule has 0 aliphatic rings. The first kappa shape index (κ1) is 12.4. The van der Waals surface area contributed by atoms with Crippen LogP contribution in [-0.2, 0) is 0 Å². The lowest BCUT2D eigenvalue weighted by Crippen LogP contribution is -1.93. The molecule has 2 heterocycles. The van der Waals surface area contributed by atoms with Crippen molar-refractivity contribution in [1.29, 1.82) is 0 Å². The molecule has 8 rings (SSSR count). The van der Waals surface area contributed by atoms with Crippen LogP contribution in [0.25, 0.3) is 66.1 Å². The molecule has 8 aromatic rings. The highest BCUT2D eigenvalue weighted by Gasteiger charge is 2.15. The van der Waals surface area contributed by atoms with E-state index in [2.05, 4.69) is 0 Å². The van der Waals surface area contributed by atoms with Crippen LogP contribution in [0.3, 0.4) is 0 Å². The molecule has 178 valence electrons. The Bertz CT molecular complexity index is 2550. The molecule has 2 nitrogen and oxygen atoms in total. The van der Waals surface area contributed by atoms with Crippen molar-refractivity contribution in [1.82, 2.24) is 9.13 Å². The van der Waals surface area contributed by atoms with Gasteiger partial charge in [0.1, 0.15) is 0 Å². The van der Waals surface area contributed by atoms with Gasteiger partial charge in [0.25, 0.3) is 0 Å². The molecular weight excluding hydrogens is 460 g/mol. The summed E-state index contributed by atoms with van der Waals surface area (Å²) in [5.74, 6) is 0. The van der Waals surface area contributed by atoms with Gasteiger partial charge in [0.15, 0.2) is 0 Å². The van der Waals surface area contributed by atoms with Crippen LogP contribution in [0.4, 0.5) is 0 Å². The number of nitrogens with zero attached hydrogens (tertiary/aromatic N) is 2. The normalized spacial score (nSPS) is 16.1. The third kappa shape index (κ3) is 3.07. The maximum Gasteiger partial charge on any atom is 0.0645 e. The van der Waals surface area contributed by atoms with Gasteiger partial charge in [0, 0.05) is 32.9 Å². The highest BCUT2D eigenvalue weighted by Crippen LogP contribution is 2.38. The molecule has 6 aromatic carbocycles. The predicted octanol–water partition coefficient (Wildman–Crippen LogP) is 9.55. The van der Waals surface area contributed by atoms with E-state index < -0.39 is 36.3 Å². The van der Waals surface area contributed by atoms with E-state index in [0.29, 0.717) is 43.6 Å². The molecule has 0 spiro atoms. The van der Waals surface area contributed by atoms with Crippen molar-refractivity contribution in [3.63, 3.8) is 0 Å². The Morgan fingerprint density at radius 3 is 1.26 bits per heavy atom. The summed E-state index contributed by atoms with van der Waals surface area (Å²) in [6, 6.07) is 17.5. The second kappa shape index (κ2) is 8.22. The van der Waals surface area contributed by atoms with Crippen molar-refractivity contribution in [3.8, 4) is 22.5 Å². The van der Waals surface area contributed by atoms with E-state index >= 15 is 0 Å². The van der Waals surface area contributed by atoms with E-state index in [1.54, 1.807) is 45.5 Å². The van der Waals surface area contributed by atoms with Crippen LogP contribution < -0.4 is 0 Å². The van der Waals surface area contributed by atoms with E-state index in [-0.39, 0.29) is 47.6 Å². The molecule has 0 saturated heterocycles. The van der Waals surface area contributed by atoms with E-state index in [9.17, 15) is 0 Å². The monoisotopic (exact) mass is 496 g/mol. The summed E-state index contributed by atoms with van der Waals surface area (Å²) in [6.07, 6.45) is 0. The van der Waals surface area contributed by atoms with Crippen LogP contribution in [0.2, 0.25) is 0 Å². The van der Waals surface area contributed by atoms with Crippen LogP contribution in [0, 0.1) is 0 Å². The number of rotatable bonds is 3. The molecule has 0 radical (unpaired) electrons. The Kier molecular flexibility index (Phi) is 2.69. The van der Waals surface area contributed by atoms with Crippen molar-refractivity contribution < 1.29 is 16.4 Å². The fraction of sp³-hybridized carbons (Fsp3) is 0. The van der Waals surface area contributed by atoms with Crippen molar-refractivity contribution in [2.75, 3.05) is 0 Å². The van der Waals surface area contributed by atoms with Crippen molar-refractivity contribution in [2.45, 2.75) is 0 Å². The van der Waals surface area contributed by atoms with Crippen LogP contribution >= 0.6 is 0 Å². The summed E-state index contributed by atoms with van der Waals surface area (Å²) in [5, 5.41) is 2.74. The van der Waals surface area contributed by atoms with E-state index in [0.717, 1.165) is 11.1 Å². The van der Waals surface area contributed by atoms with Crippen LogP contribution in [0.15, 0.2) is 145 Å². The second-order valence-corrected chi connectivity index (χ2v) is 8.97. The van der Waals surface area contributed by atoms with Crippen LogP contribution in [-0.4, -0.2) is 9.13 Å². The van der Waals surface area contributed by atoms with Crippen LogP contribution in [0.1, 0.15) is 16.4 Å². The van der Waals surface area contributed by atoms with Gasteiger partial charge in [-0.25, -0.2) is 0 Å². The van der Waals surface area contributed by atoms with Gasteiger partial charge in [-0.3, -0.25) is 0 Å². The van der Waals surface area contributed by atoms with Gasteiger partial charge in [-0.05, 0) is 71.7 Å². The molecule has 0 N–H and O–H groups in total. The molecule has 0 bridgehead atoms. The smallest absolute Gasteiger partial charge is 0.0645 e. The fourth-order valence-electron chi connectivity index (χ4n) is 5.37. The number of benzene rings is 6. The van der Waals surface area contributed by atoms with Crippen molar-refractivity contribution >= 4 is 43.6 Å². The molecule has 2 aromatic heterocycles. The second-order valence-electron chi connectivity index (χ2n) is 8.97. The Hall–Kier alpha value is -5.08. The molecule has 0 saturated carbocycles. The van der Waals surface area contributed by atoms with Gasteiger partial charge in [-0.1, -0.05) is 84.7 Å². The lowest BCUT2D eigenvalue weighted by atomic mass is 10.0. The number of para-hydroxylation sites is 4. The Morgan fingerprint density at radius 2 is 0.816 bits per heavy atom. The Labute approximate surface area is 237 Å². The first-order chi connectivity index (χ1) is 23.8. The number of aromatic nitrogens is 2. The quantitative estimate of drug-likeness (QED) is 0.230. The van der Waals surface area contributed by atoms with Gasteiger partial charge >= 0.3 is 0 Å². The molecular formula is C36H24N2. The maximum absolute atomic E-state index is 8.66. The lowest BCUT2D eigenvalue weighted by Gasteiger charge is -2.09. The molecule has 0 amide bonds. The first-order valence-electron chi connectivity index (χ1n) is 18.0. The summed E-state index contributed by atoms with van der Waals surface area (Å²) in [7, 11) is 0. The zero-order valence-electron chi connectivity index (χ0n) is 31.8. The van der Waals surface area contributed by atoms with Gasteiger partial charge in [-0.15, -0.1) is 0 Å². The fourth-order valence-corrected chi connectivity index (χ4v) is 5.37. The lowest BCUT2D eigenvalue weighted by molar-refractivity contribution is 1.18. The van der Waals surface area contributed by atoms with Gasteiger partial charge in [0.05, 0.1) is 38.5 Å². The number of hydrogen-bond acceptors (Lipinski definition) is 0. The molecule has 38 heavy (non-hydrogen) atoms. The Morgan fingerprint density at radius 1 is 0.395 bits per heavy atom. The zero-order chi connectivity index (χ0) is 35.5. The highest BCUT2D eigenvalue weighted by atomic mass is 15.0. The van der Waals surface area contributed by atoms with E-state index in [1.807, 2.05) is 36.4 Å². The van der Waals surface area contributed by atoms with E-state index in [1.165, 1.54) is 0 Å². The standard InChI is InChI=1S/C36H24N2/c1-3-11-27(12-4-1)37-33-17-9-7-15-29(33)31-23-25(19-21-35(31)37)26-20-22-36-32(24-26)30-16-8-10-18-34(30)38(36)28-13-5-2-6-14-28/h1-24H/i1D,2D,3D,4D,5D,6D,7D,8D,11D,12D,13D,14D. The average Bonchev–Trinajstić information content (AvgIpc) is 3.59. The largest absolute Gasteiger partial charge is 0.309 e. The summed E-state index contributed by atoms with van der Waals surface area (Å²) in [6.45, 7) is 0. The third-order valence-corrected chi connectivity index (χ3v) is 6.97. The minimum absolute atomic E-state index is 0.00885. The van der Waals surface area contributed by atoms with E-state index in [4.69, 9.17) is 16.4 Å². The Balaban J connectivity index is 1.40. The minimum atomic E-state index is -0.485. The molecule has 2 heteroatoms. The van der Waals surface area contributed by atoms with Gasteiger partial charge in [-0.2, -0.15) is 0 Å². The molecule has 0 fully saturated rings. The minimum Gasteiger partial charge on any atom is -0.309 e.